The van der Waals surface area contributed by atoms with Gasteiger partial charge in [0.2, 0.25) is 0 Å². The number of carbonyl (C=O) groups is 2. The molecule has 0 bridgehead atoms. The van der Waals surface area contributed by atoms with Crippen LogP contribution in [0.15, 0.2) is 18.5 Å². The molecule has 8 heteroatoms. The van der Waals surface area contributed by atoms with Crippen molar-refractivity contribution in [2.75, 3.05) is 32.6 Å². The molecular formula is C11H18N6O2. The highest BCUT2D eigenvalue weighted by atomic mass is 16.2. The molecular weight excluding hydrogens is 248 g/mol. The van der Waals surface area contributed by atoms with Gasteiger partial charge in [-0.2, -0.15) is 0 Å². The summed E-state index contributed by atoms with van der Waals surface area (Å²) in [6.07, 6.45) is 2.96. The molecule has 8 nitrogen and oxygen atoms in total. The molecule has 5 N–H and O–H groups in total. The number of hydrogen-bond donors (Lipinski definition) is 4. The molecule has 0 aliphatic heterocycles. The maximum absolute atomic E-state index is 11.8. The lowest BCUT2D eigenvalue weighted by Crippen LogP contribution is -2.39. The molecule has 0 saturated carbocycles. The smallest absolute Gasteiger partial charge is 0.316 e. The Morgan fingerprint density at radius 1 is 1.32 bits per heavy atom. The molecule has 19 heavy (non-hydrogen) atoms. The van der Waals surface area contributed by atoms with Crippen molar-refractivity contribution in [1.82, 2.24) is 20.5 Å². The number of nitrogens with two attached hydrogens (primary N) is 1. The van der Waals surface area contributed by atoms with Crippen LogP contribution >= 0.6 is 0 Å². The van der Waals surface area contributed by atoms with Gasteiger partial charge in [0.05, 0.1) is 17.4 Å². The molecule has 0 aliphatic carbocycles. The first-order valence-electron chi connectivity index (χ1n) is 5.70. The Hall–Kier alpha value is -2.35. The minimum atomic E-state index is -0.283. The molecule has 0 spiro atoms. The van der Waals surface area contributed by atoms with Crippen LogP contribution in [0.4, 0.5) is 10.5 Å². The molecule has 0 fully saturated rings. The summed E-state index contributed by atoms with van der Waals surface area (Å²) >= 11 is 0. The Balaban J connectivity index is 2.41. The van der Waals surface area contributed by atoms with Gasteiger partial charge in [-0.25, -0.2) is 4.79 Å². The van der Waals surface area contributed by atoms with Gasteiger partial charge in [0.1, 0.15) is 0 Å². The maximum atomic E-state index is 11.8. The molecule has 104 valence electrons. The van der Waals surface area contributed by atoms with Crippen LogP contribution in [-0.4, -0.2) is 49.0 Å². The number of rotatable bonds is 5. The van der Waals surface area contributed by atoms with Crippen molar-refractivity contribution in [3.8, 4) is 0 Å². The standard InChI is InChI=1S/C11H18N6O2/c1-17(2)11(19)15-6-5-14-10(18)8-3-4-13-7-9(8)16-12/h3-4,7,16H,5-6,12H2,1-2H3,(H,14,18)(H,15,19). The van der Waals surface area contributed by atoms with Gasteiger partial charge in [0.25, 0.3) is 5.91 Å². The predicted molar refractivity (Wildman–Crippen MR) is 71.5 cm³/mol. The van der Waals surface area contributed by atoms with Gasteiger partial charge >= 0.3 is 6.03 Å². The van der Waals surface area contributed by atoms with Crippen molar-refractivity contribution in [2.45, 2.75) is 0 Å². The molecule has 0 aliphatic rings. The molecule has 0 aromatic carbocycles. The Kier molecular flexibility index (Phi) is 5.55. The first kappa shape index (κ1) is 14.7. The lowest BCUT2D eigenvalue weighted by molar-refractivity contribution is 0.0954. The number of urea groups is 1. The number of hydrogen-bond acceptors (Lipinski definition) is 5. The number of hydrazine groups is 1. The Morgan fingerprint density at radius 3 is 2.63 bits per heavy atom. The van der Waals surface area contributed by atoms with Crippen LogP contribution in [0.1, 0.15) is 10.4 Å². The summed E-state index contributed by atoms with van der Waals surface area (Å²) in [7, 11) is 3.29. The maximum Gasteiger partial charge on any atom is 0.316 e. The summed E-state index contributed by atoms with van der Waals surface area (Å²) in [5, 5.41) is 5.31. The van der Waals surface area contributed by atoms with Crippen LogP contribution in [0.2, 0.25) is 0 Å². The normalized spacial score (nSPS) is 9.63. The number of carbonyl (C=O) groups excluding carboxylic acids is 2. The third kappa shape index (κ3) is 4.43. The van der Waals surface area contributed by atoms with Crippen molar-refractivity contribution >= 4 is 17.6 Å². The number of anilines is 1. The van der Waals surface area contributed by atoms with Gasteiger partial charge in [-0.15, -0.1) is 0 Å². The molecule has 1 rings (SSSR count). The Bertz CT molecular complexity index is 449. The van der Waals surface area contributed by atoms with Crippen molar-refractivity contribution in [3.05, 3.63) is 24.0 Å². The Morgan fingerprint density at radius 2 is 2.00 bits per heavy atom. The van der Waals surface area contributed by atoms with E-state index in [1.165, 1.54) is 17.3 Å². The number of nitrogens with zero attached hydrogens (tertiary/aromatic N) is 2. The highest BCUT2D eigenvalue weighted by Crippen LogP contribution is 2.10. The number of amides is 3. The lowest BCUT2D eigenvalue weighted by atomic mass is 10.2. The fourth-order valence-corrected chi connectivity index (χ4v) is 1.31. The summed E-state index contributed by atoms with van der Waals surface area (Å²) in [5.41, 5.74) is 3.24. The van der Waals surface area contributed by atoms with Gasteiger partial charge in [0, 0.05) is 33.4 Å². The quantitative estimate of drug-likeness (QED) is 0.322. The summed E-state index contributed by atoms with van der Waals surface area (Å²) < 4.78 is 0. The average Bonchev–Trinajstić information content (AvgIpc) is 2.42. The van der Waals surface area contributed by atoms with Gasteiger partial charge in [-0.1, -0.05) is 0 Å². The summed E-state index contributed by atoms with van der Waals surface area (Å²) in [6, 6.07) is 1.35. The van der Waals surface area contributed by atoms with E-state index in [0.717, 1.165) is 0 Å². The molecule has 0 unspecified atom stereocenters. The van der Waals surface area contributed by atoms with E-state index >= 15 is 0 Å². The first-order chi connectivity index (χ1) is 9.06. The molecule has 0 saturated heterocycles. The van der Waals surface area contributed by atoms with E-state index in [0.29, 0.717) is 24.3 Å². The van der Waals surface area contributed by atoms with Gasteiger partial charge < -0.3 is 21.0 Å². The second-order valence-corrected chi connectivity index (χ2v) is 3.95. The highest BCUT2D eigenvalue weighted by Gasteiger charge is 2.10. The monoisotopic (exact) mass is 266 g/mol. The zero-order valence-electron chi connectivity index (χ0n) is 10.9. The minimum Gasteiger partial charge on any atom is -0.350 e. The second kappa shape index (κ2) is 7.17. The summed E-state index contributed by atoms with van der Waals surface area (Å²) in [6.45, 7) is 0.671. The molecule has 3 amide bonds. The topological polar surface area (TPSA) is 112 Å². The molecule has 0 radical (unpaired) electrons. The first-order valence-corrected chi connectivity index (χ1v) is 5.70. The number of nitrogen functional groups attached to an aromatic ring is 1. The van der Waals surface area contributed by atoms with Gasteiger partial charge in [0.15, 0.2) is 0 Å². The van der Waals surface area contributed by atoms with Crippen LogP contribution in [0.3, 0.4) is 0 Å². The van der Waals surface area contributed by atoms with E-state index in [1.807, 2.05) is 0 Å². The number of aromatic nitrogens is 1. The van der Waals surface area contributed by atoms with E-state index in [4.69, 9.17) is 5.84 Å². The van der Waals surface area contributed by atoms with Crippen molar-refractivity contribution in [3.63, 3.8) is 0 Å². The molecule has 1 aromatic rings. The molecule has 1 aromatic heterocycles. The van der Waals surface area contributed by atoms with Crippen LogP contribution in [-0.2, 0) is 0 Å². The van der Waals surface area contributed by atoms with Gasteiger partial charge in [-0.05, 0) is 6.07 Å². The van der Waals surface area contributed by atoms with E-state index in [-0.39, 0.29) is 11.9 Å². The van der Waals surface area contributed by atoms with Crippen LogP contribution in [0.25, 0.3) is 0 Å². The van der Waals surface area contributed by atoms with E-state index in [2.05, 4.69) is 21.0 Å². The summed E-state index contributed by atoms with van der Waals surface area (Å²) in [4.78, 5) is 28.3. The lowest BCUT2D eigenvalue weighted by Gasteiger charge is -2.12. The van der Waals surface area contributed by atoms with E-state index < -0.39 is 0 Å². The Labute approximate surface area is 111 Å². The van der Waals surface area contributed by atoms with Crippen molar-refractivity contribution in [1.29, 1.82) is 0 Å². The third-order valence-corrected chi connectivity index (χ3v) is 2.31. The second-order valence-electron chi connectivity index (χ2n) is 3.95. The predicted octanol–water partition coefficient (Wildman–Crippen LogP) is -0.632. The number of pyridine rings is 1. The van der Waals surface area contributed by atoms with Crippen LogP contribution in [0.5, 0.6) is 0 Å². The van der Waals surface area contributed by atoms with E-state index in [9.17, 15) is 9.59 Å². The minimum absolute atomic E-state index is 0.206. The highest BCUT2D eigenvalue weighted by molar-refractivity contribution is 5.99. The number of nitrogens with one attached hydrogen (secondary N) is 3. The third-order valence-electron chi connectivity index (χ3n) is 2.31. The van der Waals surface area contributed by atoms with Crippen LogP contribution < -0.4 is 21.9 Å². The zero-order chi connectivity index (χ0) is 14.3. The SMILES string of the molecule is CN(C)C(=O)NCCNC(=O)c1ccncc1NN. The van der Waals surface area contributed by atoms with Crippen LogP contribution in [0, 0.1) is 0 Å². The molecule has 0 atom stereocenters. The fraction of sp³-hybridized carbons (Fsp3) is 0.364. The zero-order valence-corrected chi connectivity index (χ0v) is 10.9. The largest absolute Gasteiger partial charge is 0.350 e. The fourth-order valence-electron chi connectivity index (χ4n) is 1.31. The van der Waals surface area contributed by atoms with E-state index in [1.54, 1.807) is 20.2 Å². The average molecular weight is 266 g/mol. The molecule has 1 heterocycles. The van der Waals surface area contributed by atoms with Crippen molar-refractivity contribution < 1.29 is 9.59 Å². The van der Waals surface area contributed by atoms with Crippen molar-refractivity contribution in [2.24, 2.45) is 5.84 Å². The van der Waals surface area contributed by atoms with Gasteiger partial charge in [-0.3, -0.25) is 15.6 Å². The summed E-state index contributed by atoms with van der Waals surface area (Å²) in [5.74, 6) is 5.00.